The summed E-state index contributed by atoms with van der Waals surface area (Å²) in [7, 11) is 0. The highest BCUT2D eigenvalue weighted by atomic mass is 19.1. The molecule has 0 N–H and O–H groups in total. The molecule has 0 saturated carbocycles. The fraction of sp³-hybridized carbons (Fsp3) is 0.118. The van der Waals surface area contributed by atoms with Crippen LogP contribution in [0, 0.1) is 24.1 Å². The monoisotopic (exact) mass is 264 g/mol. The zero-order valence-corrected chi connectivity index (χ0v) is 11.1. The van der Waals surface area contributed by atoms with Gasteiger partial charge in [0.1, 0.15) is 5.82 Å². The molecule has 0 spiro atoms. The largest absolute Gasteiger partial charge is 0.343 e. The van der Waals surface area contributed by atoms with Crippen LogP contribution >= 0.6 is 0 Å². The van der Waals surface area contributed by atoms with Crippen molar-refractivity contribution < 1.29 is 4.39 Å². The van der Waals surface area contributed by atoms with Crippen LogP contribution in [0.15, 0.2) is 48.7 Å². The molecule has 0 bridgehead atoms. The minimum atomic E-state index is -0.335. The first kappa shape index (κ1) is 12.4. The number of aromatic nitrogens is 1. The summed E-state index contributed by atoms with van der Waals surface area (Å²) in [4.78, 5) is 0. The van der Waals surface area contributed by atoms with E-state index in [0.29, 0.717) is 17.7 Å². The molecule has 20 heavy (non-hydrogen) atoms. The van der Waals surface area contributed by atoms with Crippen molar-refractivity contribution >= 4 is 10.9 Å². The normalized spacial score (nSPS) is 10.7. The number of halogens is 1. The molecule has 3 heteroatoms. The minimum absolute atomic E-state index is 0.335. The van der Waals surface area contributed by atoms with Crippen LogP contribution in [0.2, 0.25) is 0 Å². The first-order valence-electron chi connectivity index (χ1n) is 6.41. The van der Waals surface area contributed by atoms with E-state index in [-0.39, 0.29) is 5.82 Å². The average Bonchev–Trinajstić information content (AvgIpc) is 2.83. The van der Waals surface area contributed by atoms with E-state index < -0.39 is 0 Å². The lowest BCUT2D eigenvalue weighted by Gasteiger charge is -2.07. The van der Waals surface area contributed by atoms with Crippen LogP contribution in [0.3, 0.4) is 0 Å². The summed E-state index contributed by atoms with van der Waals surface area (Å²) in [5.74, 6) is -0.335. The Balaban J connectivity index is 1.99. The lowest BCUT2D eigenvalue weighted by molar-refractivity contribution is 0.601. The van der Waals surface area contributed by atoms with E-state index >= 15 is 0 Å². The summed E-state index contributed by atoms with van der Waals surface area (Å²) in [5, 5.41) is 9.91. The Morgan fingerprint density at radius 1 is 1.15 bits per heavy atom. The molecular formula is C17H13FN2. The number of rotatable bonds is 2. The van der Waals surface area contributed by atoms with E-state index in [9.17, 15) is 4.39 Å². The Morgan fingerprint density at radius 2 is 2.00 bits per heavy atom. The van der Waals surface area contributed by atoms with Gasteiger partial charge in [0.05, 0.1) is 18.2 Å². The van der Waals surface area contributed by atoms with E-state index in [1.165, 1.54) is 11.6 Å². The van der Waals surface area contributed by atoms with Crippen molar-refractivity contribution in [3.63, 3.8) is 0 Å². The van der Waals surface area contributed by atoms with Crippen LogP contribution in [-0.4, -0.2) is 4.57 Å². The number of hydrogen-bond donors (Lipinski definition) is 0. The first-order valence-corrected chi connectivity index (χ1v) is 6.41. The molecule has 3 rings (SSSR count). The molecule has 0 radical (unpaired) electrons. The van der Waals surface area contributed by atoms with Gasteiger partial charge in [0.25, 0.3) is 0 Å². The van der Waals surface area contributed by atoms with Gasteiger partial charge < -0.3 is 4.57 Å². The molecule has 2 nitrogen and oxygen atoms in total. The second-order valence-electron chi connectivity index (χ2n) is 4.92. The van der Waals surface area contributed by atoms with Crippen LogP contribution in [0.5, 0.6) is 0 Å². The minimum Gasteiger partial charge on any atom is -0.343 e. The Morgan fingerprint density at radius 3 is 2.75 bits per heavy atom. The zero-order valence-electron chi connectivity index (χ0n) is 11.1. The third-order valence-corrected chi connectivity index (χ3v) is 3.45. The van der Waals surface area contributed by atoms with Crippen molar-refractivity contribution in [2.45, 2.75) is 13.5 Å². The van der Waals surface area contributed by atoms with Gasteiger partial charge in [-0.25, -0.2) is 4.39 Å². The highest BCUT2D eigenvalue weighted by Crippen LogP contribution is 2.20. The molecule has 0 aliphatic carbocycles. The van der Waals surface area contributed by atoms with Gasteiger partial charge in [0, 0.05) is 17.3 Å². The number of hydrogen-bond acceptors (Lipinski definition) is 1. The van der Waals surface area contributed by atoms with Crippen molar-refractivity contribution in [3.8, 4) is 6.07 Å². The van der Waals surface area contributed by atoms with Crippen molar-refractivity contribution in [3.05, 3.63) is 71.2 Å². The number of nitrogens with zero attached hydrogens (tertiary/aromatic N) is 2. The van der Waals surface area contributed by atoms with Gasteiger partial charge >= 0.3 is 0 Å². The third kappa shape index (κ3) is 2.17. The fourth-order valence-corrected chi connectivity index (χ4v) is 2.39. The molecular weight excluding hydrogens is 251 g/mol. The van der Waals surface area contributed by atoms with Crippen molar-refractivity contribution in [2.75, 3.05) is 0 Å². The van der Waals surface area contributed by atoms with Gasteiger partial charge in [-0.3, -0.25) is 0 Å². The topological polar surface area (TPSA) is 28.7 Å². The molecule has 1 aromatic heterocycles. The van der Waals surface area contributed by atoms with Crippen LogP contribution < -0.4 is 0 Å². The van der Waals surface area contributed by atoms with Gasteiger partial charge in [-0.15, -0.1) is 0 Å². The quantitative estimate of drug-likeness (QED) is 0.687. The van der Waals surface area contributed by atoms with E-state index in [1.807, 2.05) is 35.0 Å². The number of fused-ring (bicyclic) bond motifs is 1. The predicted octanol–water partition coefficient (Wildman–Crippen LogP) is 4.01. The maximum absolute atomic E-state index is 13.9. The zero-order chi connectivity index (χ0) is 14.1. The predicted molar refractivity (Wildman–Crippen MR) is 76.9 cm³/mol. The Bertz CT molecular complexity index is 825. The molecule has 3 aromatic rings. The Kier molecular flexibility index (Phi) is 3.00. The summed E-state index contributed by atoms with van der Waals surface area (Å²) in [6.07, 6.45) is 1.96. The number of aryl methyl sites for hydroxylation is 1. The fourth-order valence-electron chi connectivity index (χ4n) is 2.39. The Hall–Kier alpha value is -2.60. The lowest BCUT2D eigenvalue weighted by atomic mass is 10.1. The molecule has 0 aliphatic rings. The summed E-state index contributed by atoms with van der Waals surface area (Å²) in [6, 6.07) is 14.8. The Labute approximate surface area is 116 Å². The van der Waals surface area contributed by atoms with Gasteiger partial charge in [-0.1, -0.05) is 17.7 Å². The molecule has 98 valence electrons. The second-order valence-corrected chi connectivity index (χ2v) is 4.92. The molecule has 0 amide bonds. The van der Waals surface area contributed by atoms with E-state index in [4.69, 9.17) is 5.26 Å². The molecule has 0 atom stereocenters. The van der Waals surface area contributed by atoms with E-state index in [2.05, 4.69) is 13.0 Å². The van der Waals surface area contributed by atoms with Crippen LogP contribution in [0.25, 0.3) is 10.9 Å². The summed E-state index contributed by atoms with van der Waals surface area (Å²) in [6.45, 7) is 2.52. The summed E-state index contributed by atoms with van der Waals surface area (Å²) >= 11 is 0. The molecule has 0 unspecified atom stereocenters. The third-order valence-electron chi connectivity index (χ3n) is 3.45. The number of nitriles is 1. The molecule has 0 saturated heterocycles. The molecule has 2 aromatic carbocycles. The van der Waals surface area contributed by atoms with Gasteiger partial charge in [-0.05, 0) is 42.6 Å². The smallest absolute Gasteiger partial charge is 0.129 e. The second kappa shape index (κ2) is 4.82. The SMILES string of the molecule is Cc1ccc2c(ccn2Cc2ccc(C#N)cc2F)c1. The standard InChI is InChI=1S/C17H13FN2/c1-12-2-5-17-14(8-12)6-7-20(17)11-15-4-3-13(10-19)9-16(15)18/h2-9H,11H2,1H3. The van der Waals surface area contributed by atoms with Crippen molar-refractivity contribution in [1.82, 2.24) is 4.57 Å². The van der Waals surface area contributed by atoms with Crippen LogP contribution in [0.1, 0.15) is 16.7 Å². The highest BCUT2D eigenvalue weighted by Gasteiger charge is 2.07. The van der Waals surface area contributed by atoms with Gasteiger partial charge in [0.15, 0.2) is 0 Å². The highest BCUT2D eigenvalue weighted by molar-refractivity contribution is 5.80. The van der Waals surface area contributed by atoms with E-state index in [1.54, 1.807) is 12.1 Å². The number of benzene rings is 2. The van der Waals surface area contributed by atoms with Crippen LogP contribution in [0.4, 0.5) is 4.39 Å². The summed E-state index contributed by atoms with van der Waals surface area (Å²) < 4.78 is 15.9. The first-order chi connectivity index (χ1) is 9.67. The van der Waals surface area contributed by atoms with Gasteiger partial charge in [0.2, 0.25) is 0 Å². The average molecular weight is 264 g/mol. The summed E-state index contributed by atoms with van der Waals surface area (Å²) in [5.41, 5.74) is 3.22. The van der Waals surface area contributed by atoms with E-state index in [0.717, 1.165) is 10.9 Å². The van der Waals surface area contributed by atoms with Gasteiger partial charge in [-0.2, -0.15) is 5.26 Å². The van der Waals surface area contributed by atoms with Crippen LogP contribution in [-0.2, 0) is 6.54 Å². The lowest BCUT2D eigenvalue weighted by Crippen LogP contribution is -2.00. The van der Waals surface area contributed by atoms with Crippen molar-refractivity contribution in [1.29, 1.82) is 5.26 Å². The van der Waals surface area contributed by atoms with Crippen molar-refractivity contribution in [2.24, 2.45) is 0 Å². The maximum Gasteiger partial charge on any atom is 0.129 e. The molecule has 0 aliphatic heterocycles. The molecule has 0 fully saturated rings. The maximum atomic E-state index is 13.9. The molecule has 1 heterocycles.